The fraction of sp³-hybridized carbons (Fsp3) is 0.500. The fourth-order valence-corrected chi connectivity index (χ4v) is 3.48. The summed E-state index contributed by atoms with van der Waals surface area (Å²) in [5, 5.41) is 5.81. The molecule has 3 amide bonds. The molecule has 3 atom stereocenters. The van der Waals surface area contributed by atoms with Gasteiger partial charge in [-0.2, -0.15) is 0 Å². The second-order valence-electron chi connectivity index (χ2n) is 7.56. The van der Waals surface area contributed by atoms with Crippen LogP contribution in [0.1, 0.15) is 48.9 Å². The fourth-order valence-electron chi connectivity index (χ4n) is 3.48. The van der Waals surface area contributed by atoms with E-state index in [0.29, 0.717) is 37.1 Å². The molecule has 10 nitrogen and oxygen atoms in total. The number of carbonyl (C=O) groups excluding carboxylic acids is 3. The average Bonchev–Trinajstić information content (AvgIpc) is 2.71. The average molecular weight is 418 g/mol. The van der Waals surface area contributed by atoms with Crippen LogP contribution in [0.15, 0.2) is 29.3 Å². The third-order valence-corrected chi connectivity index (χ3v) is 5.13. The smallest absolute Gasteiger partial charge is 0.248 e. The minimum absolute atomic E-state index is 0.0170. The first kappa shape index (κ1) is 23.1. The van der Waals surface area contributed by atoms with Crippen molar-refractivity contribution in [2.75, 3.05) is 11.9 Å². The first-order valence-corrected chi connectivity index (χ1v) is 10.1. The second-order valence-corrected chi connectivity index (χ2v) is 7.56. The van der Waals surface area contributed by atoms with Crippen LogP contribution in [0.2, 0.25) is 0 Å². The maximum Gasteiger partial charge on any atom is 0.248 e. The first-order valence-electron chi connectivity index (χ1n) is 10.1. The largest absolute Gasteiger partial charge is 0.370 e. The van der Waals surface area contributed by atoms with E-state index in [0.717, 1.165) is 19.3 Å². The van der Waals surface area contributed by atoms with Crippen LogP contribution < -0.4 is 33.6 Å². The van der Waals surface area contributed by atoms with Gasteiger partial charge in [0.15, 0.2) is 5.96 Å². The molecule has 1 aliphatic carbocycles. The van der Waals surface area contributed by atoms with Crippen LogP contribution in [-0.4, -0.2) is 42.3 Å². The highest BCUT2D eigenvalue weighted by Crippen LogP contribution is 2.26. The molecule has 0 aromatic heterocycles. The van der Waals surface area contributed by atoms with E-state index in [-0.39, 0.29) is 29.7 Å². The molecular weight excluding hydrogens is 386 g/mol. The number of aliphatic imine (C=N–C) groups is 1. The molecule has 10 heteroatoms. The molecule has 164 valence electrons. The third-order valence-electron chi connectivity index (χ3n) is 5.13. The van der Waals surface area contributed by atoms with E-state index in [1.54, 1.807) is 24.3 Å². The van der Waals surface area contributed by atoms with Gasteiger partial charge in [0.1, 0.15) is 0 Å². The Morgan fingerprint density at radius 3 is 2.43 bits per heavy atom. The molecule has 1 aromatic rings. The number of nitrogens with two attached hydrogens (primary N) is 4. The summed E-state index contributed by atoms with van der Waals surface area (Å²) in [5.41, 5.74) is 22.7. The van der Waals surface area contributed by atoms with Gasteiger partial charge in [-0.1, -0.05) is 6.42 Å². The summed E-state index contributed by atoms with van der Waals surface area (Å²) in [6.07, 6.45) is 4.03. The van der Waals surface area contributed by atoms with E-state index in [1.165, 1.54) is 0 Å². The van der Waals surface area contributed by atoms with Crippen molar-refractivity contribution in [1.82, 2.24) is 5.32 Å². The zero-order valence-electron chi connectivity index (χ0n) is 17.0. The topological polar surface area (TPSA) is 192 Å². The Kier molecular flexibility index (Phi) is 8.60. The summed E-state index contributed by atoms with van der Waals surface area (Å²) in [4.78, 5) is 39.9. The van der Waals surface area contributed by atoms with E-state index in [1.807, 2.05) is 0 Å². The van der Waals surface area contributed by atoms with Crippen LogP contribution in [0.4, 0.5) is 5.69 Å². The van der Waals surface area contributed by atoms with Gasteiger partial charge in [-0.3, -0.25) is 19.4 Å². The van der Waals surface area contributed by atoms with Crippen molar-refractivity contribution in [3.63, 3.8) is 0 Å². The van der Waals surface area contributed by atoms with E-state index in [4.69, 9.17) is 22.9 Å². The van der Waals surface area contributed by atoms with Crippen molar-refractivity contribution < 1.29 is 14.4 Å². The van der Waals surface area contributed by atoms with Crippen molar-refractivity contribution >= 4 is 29.4 Å². The number of guanidine groups is 1. The highest BCUT2D eigenvalue weighted by atomic mass is 16.2. The zero-order chi connectivity index (χ0) is 22.1. The number of carbonyl (C=O) groups is 3. The van der Waals surface area contributed by atoms with Gasteiger partial charge in [0.05, 0.1) is 6.04 Å². The van der Waals surface area contributed by atoms with Crippen molar-refractivity contribution in [1.29, 1.82) is 0 Å². The van der Waals surface area contributed by atoms with E-state index in [2.05, 4.69) is 15.6 Å². The van der Waals surface area contributed by atoms with Gasteiger partial charge in [-0.15, -0.1) is 0 Å². The SMILES string of the molecule is NC(=O)c1ccc(NC(=O)[C@H]2CCC[C@@H](NC(=O)[C@@H](N)CCCN=C(N)N)C2)cc1. The lowest BCUT2D eigenvalue weighted by molar-refractivity contribution is -0.125. The molecule has 1 saturated carbocycles. The van der Waals surface area contributed by atoms with Crippen molar-refractivity contribution in [3.05, 3.63) is 29.8 Å². The van der Waals surface area contributed by atoms with Crippen LogP contribution in [-0.2, 0) is 9.59 Å². The molecule has 10 N–H and O–H groups in total. The highest BCUT2D eigenvalue weighted by molar-refractivity contribution is 5.95. The van der Waals surface area contributed by atoms with Crippen LogP contribution in [0, 0.1) is 5.92 Å². The predicted octanol–water partition coefficient (Wildman–Crippen LogP) is -0.220. The predicted molar refractivity (Wildman–Crippen MR) is 115 cm³/mol. The Morgan fingerprint density at radius 1 is 1.10 bits per heavy atom. The molecule has 0 bridgehead atoms. The quantitative estimate of drug-likeness (QED) is 0.183. The monoisotopic (exact) mass is 417 g/mol. The Hall–Kier alpha value is -3.14. The maximum absolute atomic E-state index is 12.6. The third kappa shape index (κ3) is 7.36. The van der Waals surface area contributed by atoms with Crippen LogP contribution in [0.25, 0.3) is 0 Å². The number of nitrogens with one attached hydrogen (secondary N) is 2. The van der Waals surface area contributed by atoms with Crippen molar-refractivity contribution in [3.8, 4) is 0 Å². The van der Waals surface area contributed by atoms with Gasteiger partial charge in [-0.05, 0) is 56.4 Å². The molecule has 0 spiro atoms. The molecule has 0 saturated heterocycles. The Bertz CT molecular complexity index is 775. The summed E-state index contributed by atoms with van der Waals surface area (Å²) in [6.45, 7) is 0.426. The lowest BCUT2D eigenvalue weighted by atomic mass is 9.85. The number of hydrogen-bond acceptors (Lipinski definition) is 5. The van der Waals surface area contributed by atoms with Crippen molar-refractivity contribution in [2.45, 2.75) is 50.6 Å². The lowest BCUT2D eigenvalue weighted by Crippen LogP contribution is -2.47. The highest BCUT2D eigenvalue weighted by Gasteiger charge is 2.29. The number of anilines is 1. The number of rotatable bonds is 9. The van der Waals surface area contributed by atoms with Gasteiger partial charge in [-0.25, -0.2) is 0 Å². The molecule has 0 unspecified atom stereocenters. The number of hydrogen-bond donors (Lipinski definition) is 6. The zero-order valence-corrected chi connectivity index (χ0v) is 17.0. The van der Waals surface area contributed by atoms with Crippen LogP contribution >= 0.6 is 0 Å². The summed E-state index contributed by atoms with van der Waals surface area (Å²) in [7, 11) is 0. The molecule has 0 radical (unpaired) electrons. The molecule has 30 heavy (non-hydrogen) atoms. The molecule has 0 heterocycles. The Morgan fingerprint density at radius 2 is 1.80 bits per heavy atom. The van der Waals surface area contributed by atoms with Gasteiger partial charge < -0.3 is 33.6 Å². The molecular formula is C20H31N7O3. The summed E-state index contributed by atoms with van der Waals surface area (Å²) in [5.74, 6) is -1.05. The molecule has 1 aromatic carbocycles. The maximum atomic E-state index is 12.6. The molecule has 0 aliphatic heterocycles. The van der Waals surface area contributed by atoms with Crippen LogP contribution in [0.5, 0.6) is 0 Å². The number of primary amides is 1. The number of nitrogens with zero attached hydrogens (tertiary/aromatic N) is 1. The Labute approximate surface area is 175 Å². The standard InChI is InChI=1S/C20H31N7O3/c21-16(5-2-10-25-20(23)24)19(30)27-15-4-1-3-13(11-15)18(29)26-14-8-6-12(7-9-14)17(22)28/h6-9,13,15-16H,1-5,10-11,21H2,(H2,22,28)(H,26,29)(H,27,30)(H4,23,24,25)/t13-,15+,16-/m0/s1. The molecule has 2 rings (SSSR count). The number of amides is 3. The second kappa shape index (κ2) is 11.1. The minimum atomic E-state index is -0.642. The van der Waals surface area contributed by atoms with Crippen LogP contribution in [0.3, 0.4) is 0 Å². The lowest BCUT2D eigenvalue weighted by Gasteiger charge is -2.29. The van der Waals surface area contributed by atoms with Gasteiger partial charge in [0.25, 0.3) is 0 Å². The summed E-state index contributed by atoms with van der Waals surface area (Å²) >= 11 is 0. The van der Waals surface area contributed by atoms with Crippen molar-refractivity contribution in [2.24, 2.45) is 33.8 Å². The first-order chi connectivity index (χ1) is 14.3. The van der Waals surface area contributed by atoms with E-state index < -0.39 is 11.9 Å². The van der Waals surface area contributed by atoms with Gasteiger partial charge in [0.2, 0.25) is 17.7 Å². The van der Waals surface area contributed by atoms with Gasteiger partial charge in [0, 0.05) is 29.8 Å². The number of benzene rings is 1. The normalized spacial score (nSPS) is 19.4. The summed E-state index contributed by atoms with van der Waals surface area (Å²) in [6, 6.07) is 5.68. The minimum Gasteiger partial charge on any atom is -0.370 e. The molecule has 1 aliphatic rings. The van der Waals surface area contributed by atoms with Gasteiger partial charge >= 0.3 is 0 Å². The van der Waals surface area contributed by atoms with E-state index >= 15 is 0 Å². The molecule has 1 fully saturated rings. The summed E-state index contributed by atoms with van der Waals surface area (Å²) < 4.78 is 0. The van der Waals surface area contributed by atoms with E-state index in [9.17, 15) is 14.4 Å². The Balaban J connectivity index is 1.81.